The quantitative estimate of drug-likeness (QED) is 0.819. The van der Waals surface area contributed by atoms with E-state index >= 15 is 0 Å². The van der Waals surface area contributed by atoms with Gasteiger partial charge in [-0.15, -0.1) is 0 Å². The Kier molecular flexibility index (Phi) is 4.19. The monoisotopic (exact) mass is 368 g/mol. The summed E-state index contributed by atoms with van der Waals surface area (Å²) in [6.45, 7) is 5.22. The molecular weight excluding hydrogens is 344 g/mol. The fourth-order valence-electron chi connectivity index (χ4n) is 3.35. The van der Waals surface area contributed by atoms with E-state index in [0.717, 1.165) is 12.8 Å². The Balaban J connectivity index is 1.81. The van der Waals surface area contributed by atoms with Crippen LogP contribution in [0, 0.1) is 5.92 Å². The number of hydrogen-bond acceptors (Lipinski definition) is 4. The van der Waals surface area contributed by atoms with Gasteiger partial charge in [0, 0.05) is 38.8 Å². The van der Waals surface area contributed by atoms with Gasteiger partial charge in [0.2, 0.25) is 15.9 Å². The van der Waals surface area contributed by atoms with Gasteiger partial charge < -0.3 is 14.4 Å². The average Bonchev–Trinajstić information content (AvgIpc) is 3.26. The minimum Gasteiger partial charge on any atom is -0.345 e. The minimum absolute atomic E-state index is 0.0845. The lowest BCUT2D eigenvalue weighted by Gasteiger charge is -2.47. The summed E-state index contributed by atoms with van der Waals surface area (Å²) in [5, 5.41) is 5.15. The zero-order chi connectivity index (χ0) is 18.6. The summed E-state index contributed by atoms with van der Waals surface area (Å²) >= 11 is 0. The van der Waals surface area contributed by atoms with Crippen molar-refractivity contribution >= 4 is 21.8 Å². The number of aryl methyl sites for hydroxylation is 1. The Labute approximate surface area is 147 Å². The molecule has 2 fully saturated rings. The molecule has 1 aliphatic carbocycles. The molecule has 1 saturated carbocycles. The number of piperazine rings is 1. The maximum Gasteiger partial charge on any atom is 0.271 e. The lowest BCUT2D eigenvalue weighted by molar-refractivity contribution is -0.136. The molecule has 0 radical (unpaired) electrons. The van der Waals surface area contributed by atoms with E-state index in [1.807, 2.05) is 18.7 Å². The third-order valence-electron chi connectivity index (χ3n) is 4.91. The highest BCUT2D eigenvalue weighted by molar-refractivity contribution is 7.89. The Bertz CT molecular complexity index is 823. The van der Waals surface area contributed by atoms with Crippen LogP contribution < -0.4 is 5.14 Å². The Morgan fingerprint density at radius 1 is 1.24 bits per heavy atom. The molecule has 2 aliphatic rings. The third-order valence-corrected chi connectivity index (χ3v) is 5.79. The molecule has 9 heteroatoms. The summed E-state index contributed by atoms with van der Waals surface area (Å²) < 4.78 is 24.5. The van der Waals surface area contributed by atoms with Crippen LogP contribution in [-0.4, -0.2) is 59.8 Å². The summed E-state index contributed by atoms with van der Waals surface area (Å²) in [6, 6.07) is 1.30. The molecule has 8 nitrogen and oxygen atoms in total. The molecular formula is C16H24N4O4S. The lowest BCUT2D eigenvalue weighted by atomic mass is 9.97. The second-order valence-corrected chi connectivity index (χ2v) is 9.08. The highest BCUT2D eigenvalue weighted by atomic mass is 32.2. The molecule has 0 atom stereocenters. The van der Waals surface area contributed by atoms with Gasteiger partial charge in [0.1, 0.15) is 10.6 Å². The van der Waals surface area contributed by atoms with Gasteiger partial charge in [0.25, 0.3) is 5.91 Å². The molecule has 2 amide bonds. The Morgan fingerprint density at radius 3 is 2.36 bits per heavy atom. The van der Waals surface area contributed by atoms with Crippen molar-refractivity contribution in [1.29, 1.82) is 0 Å². The van der Waals surface area contributed by atoms with Crippen molar-refractivity contribution in [2.24, 2.45) is 18.1 Å². The Morgan fingerprint density at radius 2 is 1.88 bits per heavy atom. The van der Waals surface area contributed by atoms with Crippen LogP contribution in [0.5, 0.6) is 0 Å². The first-order chi connectivity index (χ1) is 11.5. The van der Waals surface area contributed by atoms with E-state index in [2.05, 4.69) is 0 Å². The second-order valence-electron chi connectivity index (χ2n) is 7.52. The maximum atomic E-state index is 13.0. The van der Waals surface area contributed by atoms with Crippen LogP contribution in [0.2, 0.25) is 0 Å². The number of primary sulfonamides is 1. The van der Waals surface area contributed by atoms with Gasteiger partial charge >= 0.3 is 0 Å². The first-order valence-electron chi connectivity index (χ1n) is 8.30. The van der Waals surface area contributed by atoms with Crippen LogP contribution in [0.25, 0.3) is 0 Å². The molecule has 1 aromatic rings. The molecule has 3 rings (SSSR count). The lowest BCUT2D eigenvalue weighted by Crippen LogP contribution is -2.62. The number of carbonyl (C=O) groups is 2. The number of sulfonamides is 1. The molecule has 138 valence electrons. The van der Waals surface area contributed by atoms with E-state index in [9.17, 15) is 18.0 Å². The molecule has 25 heavy (non-hydrogen) atoms. The van der Waals surface area contributed by atoms with Crippen molar-refractivity contribution in [3.8, 4) is 0 Å². The molecule has 1 aliphatic heterocycles. The van der Waals surface area contributed by atoms with Gasteiger partial charge in [0.15, 0.2) is 0 Å². The number of rotatable bonds is 3. The topological polar surface area (TPSA) is 106 Å². The highest BCUT2D eigenvalue weighted by Crippen LogP contribution is 2.33. The van der Waals surface area contributed by atoms with Crippen LogP contribution in [0.1, 0.15) is 37.2 Å². The molecule has 0 aromatic carbocycles. The van der Waals surface area contributed by atoms with Crippen LogP contribution in [-0.2, 0) is 21.9 Å². The number of carbonyl (C=O) groups excluding carboxylic acids is 2. The van der Waals surface area contributed by atoms with Crippen molar-refractivity contribution in [2.45, 2.75) is 37.1 Å². The van der Waals surface area contributed by atoms with E-state index < -0.39 is 15.6 Å². The summed E-state index contributed by atoms with van der Waals surface area (Å²) in [5.74, 6) is 0.0692. The fourth-order valence-corrected chi connectivity index (χ4v) is 3.93. The van der Waals surface area contributed by atoms with Gasteiger partial charge in [0.05, 0.1) is 5.54 Å². The molecule has 1 saturated heterocycles. The predicted molar refractivity (Wildman–Crippen MR) is 91.2 cm³/mol. The first-order valence-corrected chi connectivity index (χ1v) is 9.85. The summed E-state index contributed by atoms with van der Waals surface area (Å²) in [7, 11) is -2.25. The average molecular weight is 368 g/mol. The van der Waals surface area contributed by atoms with Crippen molar-refractivity contribution in [3.63, 3.8) is 0 Å². The third kappa shape index (κ3) is 3.43. The SMILES string of the molecule is Cn1cc(S(N)(=O)=O)cc1C(=O)N1CCN(C(=O)C2CC2)CC1(C)C. The number of amides is 2. The number of hydrogen-bond donors (Lipinski definition) is 1. The molecule has 0 bridgehead atoms. The first kappa shape index (κ1) is 17.9. The molecule has 0 spiro atoms. The summed E-state index contributed by atoms with van der Waals surface area (Å²) in [5.41, 5.74) is -0.273. The summed E-state index contributed by atoms with van der Waals surface area (Å²) in [6.07, 6.45) is 3.25. The smallest absolute Gasteiger partial charge is 0.271 e. The molecule has 0 unspecified atom stereocenters. The van der Waals surface area contributed by atoms with Crippen LogP contribution >= 0.6 is 0 Å². The predicted octanol–water partition coefficient (Wildman–Crippen LogP) is 0.146. The van der Waals surface area contributed by atoms with E-state index in [1.165, 1.54) is 16.8 Å². The normalized spacial score (nSPS) is 20.6. The largest absolute Gasteiger partial charge is 0.345 e. The van der Waals surface area contributed by atoms with Gasteiger partial charge in [-0.3, -0.25) is 9.59 Å². The van der Waals surface area contributed by atoms with Gasteiger partial charge in [-0.25, -0.2) is 13.6 Å². The van der Waals surface area contributed by atoms with Crippen molar-refractivity contribution in [2.75, 3.05) is 19.6 Å². The minimum atomic E-state index is -3.86. The van der Waals surface area contributed by atoms with Crippen LogP contribution in [0.4, 0.5) is 0 Å². The van der Waals surface area contributed by atoms with E-state index in [4.69, 9.17) is 5.14 Å². The molecule has 1 aromatic heterocycles. The van der Waals surface area contributed by atoms with Gasteiger partial charge in [-0.1, -0.05) is 0 Å². The molecule has 2 N–H and O–H groups in total. The maximum absolute atomic E-state index is 13.0. The van der Waals surface area contributed by atoms with Crippen molar-refractivity contribution < 1.29 is 18.0 Å². The highest BCUT2D eigenvalue weighted by Gasteiger charge is 2.42. The van der Waals surface area contributed by atoms with Gasteiger partial charge in [-0.2, -0.15) is 0 Å². The Hall–Kier alpha value is -1.87. The zero-order valence-corrected chi connectivity index (χ0v) is 15.5. The number of aromatic nitrogens is 1. The second kappa shape index (κ2) is 5.84. The fraction of sp³-hybridized carbons (Fsp3) is 0.625. The van der Waals surface area contributed by atoms with Crippen LogP contribution in [0.3, 0.4) is 0 Å². The van der Waals surface area contributed by atoms with Gasteiger partial charge in [-0.05, 0) is 32.8 Å². The standard InChI is InChI=1S/C16H24N4O4S/c1-16(2)10-19(14(21)11-4-5-11)6-7-20(16)15(22)13-8-12(9-18(13)3)25(17,23)24/h8-9,11H,4-7,10H2,1-3H3,(H2,17,23,24). The van der Waals surface area contributed by atoms with Crippen molar-refractivity contribution in [1.82, 2.24) is 14.4 Å². The van der Waals surface area contributed by atoms with Crippen molar-refractivity contribution in [3.05, 3.63) is 18.0 Å². The van der Waals surface area contributed by atoms with E-state index in [1.54, 1.807) is 11.9 Å². The summed E-state index contributed by atoms with van der Waals surface area (Å²) in [4.78, 5) is 28.7. The zero-order valence-electron chi connectivity index (χ0n) is 14.7. The van der Waals surface area contributed by atoms with E-state index in [0.29, 0.717) is 19.6 Å². The number of nitrogens with zero attached hydrogens (tertiary/aromatic N) is 3. The van der Waals surface area contributed by atoms with E-state index in [-0.39, 0.29) is 28.3 Å². The number of nitrogens with two attached hydrogens (primary N) is 1. The molecule has 2 heterocycles. The van der Waals surface area contributed by atoms with Crippen LogP contribution in [0.15, 0.2) is 17.2 Å².